The predicted molar refractivity (Wildman–Crippen MR) is 65.2 cm³/mol. The van der Waals surface area contributed by atoms with Crippen LogP contribution in [0.2, 0.25) is 0 Å². The van der Waals surface area contributed by atoms with Gasteiger partial charge in [0.05, 0.1) is 5.56 Å². The Kier molecular flexibility index (Phi) is 3.73. The van der Waals surface area contributed by atoms with Crippen LogP contribution in [0.5, 0.6) is 0 Å². The molecule has 1 unspecified atom stereocenters. The summed E-state index contributed by atoms with van der Waals surface area (Å²) in [4.78, 5) is 13.6. The lowest BCUT2D eigenvalue weighted by atomic mass is 9.98. The summed E-state index contributed by atoms with van der Waals surface area (Å²) in [5, 5.41) is 8.78. The van der Waals surface area contributed by atoms with Gasteiger partial charge in [0.25, 0.3) is 0 Å². The van der Waals surface area contributed by atoms with Crippen LogP contribution in [0.3, 0.4) is 0 Å². The molecule has 0 aromatic heterocycles. The van der Waals surface area contributed by atoms with Gasteiger partial charge in [-0.2, -0.15) is 5.26 Å². The number of ketones is 1. The number of hydrogen-bond acceptors (Lipinski definition) is 3. The molecule has 1 aliphatic rings. The van der Waals surface area contributed by atoms with Crippen molar-refractivity contribution in [1.82, 2.24) is 4.90 Å². The van der Waals surface area contributed by atoms with Gasteiger partial charge in [0.2, 0.25) is 0 Å². The molecule has 0 bridgehead atoms. The van der Waals surface area contributed by atoms with Crippen molar-refractivity contribution in [2.24, 2.45) is 5.92 Å². The number of rotatable bonds is 2. The third-order valence-electron chi connectivity index (χ3n) is 3.31. The standard InChI is InChI=1S/C14H15FN2O/c1-10-8-17(5-4-14(10)18)9-11-2-3-13(15)12(6-11)7-16/h2-3,6,10H,4-5,8-9H2,1H3. The van der Waals surface area contributed by atoms with Crippen molar-refractivity contribution in [3.8, 4) is 6.07 Å². The quantitative estimate of drug-likeness (QED) is 0.802. The number of carbonyl (C=O) groups is 1. The van der Waals surface area contributed by atoms with Crippen LogP contribution < -0.4 is 0 Å². The fourth-order valence-corrected chi connectivity index (χ4v) is 2.25. The van der Waals surface area contributed by atoms with Gasteiger partial charge in [-0.15, -0.1) is 0 Å². The first-order valence-electron chi connectivity index (χ1n) is 6.03. The van der Waals surface area contributed by atoms with Crippen LogP contribution >= 0.6 is 0 Å². The average Bonchev–Trinajstić information content (AvgIpc) is 2.36. The third kappa shape index (κ3) is 2.74. The molecule has 1 aromatic carbocycles. The van der Waals surface area contributed by atoms with Crippen molar-refractivity contribution in [3.05, 3.63) is 35.1 Å². The van der Waals surface area contributed by atoms with E-state index in [4.69, 9.17) is 5.26 Å². The summed E-state index contributed by atoms with van der Waals surface area (Å²) < 4.78 is 13.2. The summed E-state index contributed by atoms with van der Waals surface area (Å²) in [5.41, 5.74) is 0.989. The molecule has 0 saturated carbocycles. The Morgan fingerprint density at radius 2 is 2.33 bits per heavy atom. The first kappa shape index (κ1) is 12.7. The van der Waals surface area contributed by atoms with Gasteiger partial charge < -0.3 is 0 Å². The molecule has 1 fully saturated rings. The van der Waals surface area contributed by atoms with Gasteiger partial charge in [0.1, 0.15) is 17.7 Å². The normalized spacial score (nSPS) is 20.7. The van der Waals surface area contributed by atoms with E-state index in [9.17, 15) is 9.18 Å². The van der Waals surface area contributed by atoms with E-state index in [1.165, 1.54) is 6.07 Å². The van der Waals surface area contributed by atoms with Crippen molar-refractivity contribution >= 4 is 5.78 Å². The van der Waals surface area contributed by atoms with E-state index in [0.717, 1.165) is 18.7 Å². The number of piperidine rings is 1. The molecule has 1 heterocycles. The highest BCUT2D eigenvalue weighted by atomic mass is 19.1. The molecule has 0 amide bonds. The van der Waals surface area contributed by atoms with Gasteiger partial charge in [-0.05, 0) is 17.7 Å². The second kappa shape index (κ2) is 5.28. The van der Waals surface area contributed by atoms with Crippen LogP contribution in [-0.4, -0.2) is 23.8 Å². The van der Waals surface area contributed by atoms with Crippen LogP contribution in [0.15, 0.2) is 18.2 Å². The summed E-state index contributed by atoms with van der Waals surface area (Å²) in [7, 11) is 0. The number of hydrogen-bond donors (Lipinski definition) is 0. The van der Waals surface area contributed by atoms with E-state index in [1.54, 1.807) is 12.1 Å². The van der Waals surface area contributed by atoms with Crippen molar-refractivity contribution in [2.45, 2.75) is 19.9 Å². The Bertz CT molecular complexity index is 507. The summed E-state index contributed by atoms with van der Waals surface area (Å²) in [6.07, 6.45) is 0.577. The number of nitriles is 1. The van der Waals surface area contributed by atoms with E-state index < -0.39 is 5.82 Å². The molecule has 2 rings (SSSR count). The maximum absolute atomic E-state index is 13.2. The summed E-state index contributed by atoms with van der Waals surface area (Å²) in [5.74, 6) is -0.110. The molecule has 94 valence electrons. The molecule has 1 saturated heterocycles. The van der Waals surface area contributed by atoms with E-state index in [2.05, 4.69) is 4.90 Å². The molecular weight excluding hydrogens is 231 g/mol. The Labute approximate surface area is 106 Å². The number of carbonyl (C=O) groups excluding carboxylic acids is 1. The zero-order valence-corrected chi connectivity index (χ0v) is 10.3. The molecule has 0 N–H and O–H groups in total. The topological polar surface area (TPSA) is 44.1 Å². The number of nitrogens with zero attached hydrogens (tertiary/aromatic N) is 2. The van der Waals surface area contributed by atoms with Gasteiger partial charge in [-0.1, -0.05) is 13.0 Å². The molecule has 4 heteroatoms. The highest BCUT2D eigenvalue weighted by Gasteiger charge is 2.23. The summed E-state index contributed by atoms with van der Waals surface area (Å²) >= 11 is 0. The van der Waals surface area contributed by atoms with Gasteiger partial charge in [-0.25, -0.2) is 4.39 Å². The molecule has 1 atom stereocenters. The zero-order valence-electron chi connectivity index (χ0n) is 10.3. The molecule has 18 heavy (non-hydrogen) atoms. The fourth-order valence-electron chi connectivity index (χ4n) is 2.25. The lowest BCUT2D eigenvalue weighted by Gasteiger charge is -2.29. The lowest BCUT2D eigenvalue weighted by molar-refractivity contribution is -0.125. The maximum atomic E-state index is 13.2. The Morgan fingerprint density at radius 1 is 1.56 bits per heavy atom. The summed E-state index contributed by atoms with van der Waals surface area (Å²) in [6.45, 7) is 4.06. The van der Waals surface area contributed by atoms with E-state index >= 15 is 0 Å². The lowest BCUT2D eigenvalue weighted by Crippen LogP contribution is -2.39. The highest BCUT2D eigenvalue weighted by molar-refractivity contribution is 5.81. The highest BCUT2D eigenvalue weighted by Crippen LogP contribution is 2.17. The van der Waals surface area contributed by atoms with Crippen molar-refractivity contribution in [2.75, 3.05) is 13.1 Å². The molecule has 1 aromatic rings. The van der Waals surface area contributed by atoms with Crippen LogP contribution in [0, 0.1) is 23.1 Å². The maximum Gasteiger partial charge on any atom is 0.140 e. The van der Waals surface area contributed by atoms with Crippen molar-refractivity contribution in [3.63, 3.8) is 0 Å². The smallest absolute Gasteiger partial charge is 0.140 e. The Morgan fingerprint density at radius 3 is 3.00 bits per heavy atom. The average molecular weight is 246 g/mol. The molecule has 3 nitrogen and oxygen atoms in total. The van der Waals surface area contributed by atoms with E-state index in [-0.39, 0.29) is 11.5 Å². The Balaban J connectivity index is 2.06. The SMILES string of the molecule is CC1CN(Cc2ccc(F)c(C#N)c2)CCC1=O. The van der Waals surface area contributed by atoms with E-state index in [1.807, 2.05) is 13.0 Å². The first-order valence-corrected chi connectivity index (χ1v) is 6.03. The van der Waals surface area contributed by atoms with Crippen molar-refractivity contribution in [1.29, 1.82) is 5.26 Å². The predicted octanol–water partition coefficient (Wildman–Crippen LogP) is 2.11. The third-order valence-corrected chi connectivity index (χ3v) is 3.31. The van der Waals surface area contributed by atoms with Gasteiger partial charge in [0.15, 0.2) is 0 Å². The molecule has 0 spiro atoms. The van der Waals surface area contributed by atoms with Crippen LogP contribution in [0.4, 0.5) is 4.39 Å². The summed E-state index contributed by atoms with van der Waals surface area (Å²) in [6, 6.07) is 6.44. The minimum absolute atomic E-state index is 0.0645. The van der Waals surface area contributed by atoms with Crippen LogP contribution in [-0.2, 0) is 11.3 Å². The minimum atomic E-state index is -0.483. The Hall–Kier alpha value is -1.73. The molecule has 0 radical (unpaired) electrons. The largest absolute Gasteiger partial charge is 0.299 e. The number of likely N-dealkylation sites (tertiary alicyclic amines) is 1. The molecular formula is C14H15FN2O. The molecule has 1 aliphatic heterocycles. The van der Waals surface area contributed by atoms with Crippen LogP contribution in [0.1, 0.15) is 24.5 Å². The number of halogens is 1. The van der Waals surface area contributed by atoms with Gasteiger partial charge in [0, 0.05) is 32.0 Å². The van der Waals surface area contributed by atoms with E-state index in [0.29, 0.717) is 18.7 Å². The number of benzene rings is 1. The first-order chi connectivity index (χ1) is 8.60. The fraction of sp³-hybridized carbons (Fsp3) is 0.429. The van der Waals surface area contributed by atoms with Crippen molar-refractivity contribution < 1.29 is 9.18 Å². The molecule has 0 aliphatic carbocycles. The van der Waals surface area contributed by atoms with Gasteiger partial charge in [-0.3, -0.25) is 9.69 Å². The second-order valence-electron chi connectivity index (χ2n) is 4.78. The zero-order chi connectivity index (χ0) is 13.1. The monoisotopic (exact) mass is 246 g/mol. The number of Topliss-reactive ketones (excluding diaryl/α,β-unsaturated/α-hetero) is 1. The van der Waals surface area contributed by atoms with Crippen LogP contribution in [0.25, 0.3) is 0 Å². The van der Waals surface area contributed by atoms with Gasteiger partial charge >= 0.3 is 0 Å². The minimum Gasteiger partial charge on any atom is -0.299 e. The second-order valence-corrected chi connectivity index (χ2v) is 4.78.